The summed E-state index contributed by atoms with van der Waals surface area (Å²) in [6.45, 7) is 2.54. The van der Waals surface area contributed by atoms with Gasteiger partial charge in [-0.3, -0.25) is 14.9 Å². The van der Waals surface area contributed by atoms with Gasteiger partial charge in [-0.15, -0.1) is 0 Å². The minimum absolute atomic E-state index is 0.0790. The molecule has 1 aromatic carbocycles. The van der Waals surface area contributed by atoms with E-state index in [1.54, 1.807) is 16.7 Å². The predicted octanol–water partition coefficient (Wildman–Crippen LogP) is 2.31. The average Bonchev–Trinajstić information content (AvgIpc) is 2.38. The van der Waals surface area contributed by atoms with E-state index in [4.69, 9.17) is 0 Å². The largest absolute Gasteiger partial charge is 0.334 e. The Balaban J connectivity index is 2.28. The van der Waals surface area contributed by atoms with Crippen molar-refractivity contribution in [3.63, 3.8) is 0 Å². The molecule has 1 heterocycles. The number of hydrogen-bond donors (Lipinski definition) is 0. The summed E-state index contributed by atoms with van der Waals surface area (Å²) >= 11 is 1.77. The van der Waals surface area contributed by atoms with E-state index in [0.717, 1.165) is 23.6 Å². The second kappa shape index (κ2) is 5.56. The van der Waals surface area contributed by atoms with Gasteiger partial charge in [0.05, 0.1) is 4.92 Å². The number of benzene rings is 1. The minimum atomic E-state index is -0.927. The maximum absolute atomic E-state index is 13.2. The van der Waals surface area contributed by atoms with Crippen LogP contribution < -0.4 is 0 Å². The van der Waals surface area contributed by atoms with Crippen LogP contribution >= 0.6 is 11.8 Å². The van der Waals surface area contributed by atoms with Crippen LogP contribution in [0.1, 0.15) is 17.3 Å². The smallest absolute Gasteiger partial charge is 0.305 e. The SMILES string of the molecule is CC1CSCCN1C(=O)c1ccc(F)c([N+](=O)[O-])c1. The number of halogens is 1. The van der Waals surface area contributed by atoms with E-state index in [9.17, 15) is 19.3 Å². The molecule has 1 amide bonds. The van der Waals surface area contributed by atoms with Crippen molar-refractivity contribution in [2.24, 2.45) is 0 Å². The van der Waals surface area contributed by atoms with Crippen LogP contribution in [-0.2, 0) is 0 Å². The maximum Gasteiger partial charge on any atom is 0.305 e. The van der Waals surface area contributed by atoms with Gasteiger partial charge in [0.15, 0.2) is 0 Å². The molecule has 0 bridgehead atoms. The van der Waals surface area contributed by atoms with Gasteiger partial charge in [-0.1, -0.05) is 0 Å². The first kappa shape index (κ1) is 13.8. The number of nitro benzene ring substituents is 1. The summed E-state index contributed by atoms with van der Waals surface area (Å²) in [7, 11) is 0. The Hall–Kier alpha value is -1.63. The number of rotatable bonds is 2. The lowest BCUT2D eigenvalue weighted by Gasteiger charge is -2.33. The highest BCUT2D eigenvalue weighted by molar-refractivity contribution is 7.99. The number of carbonyl (C=O) groups is 1. The molecule has 1 aliphatic heterocycles. The van der Waals surface area contributed by atoms with Crippen LogP contribution in [-0.4, -0.2) is 39.8 Å². The van der Waals surface area contributed by atoms with Gasteiger partial charge < -0.3 is 4.90 Å². The molecule has 1 unspecified atom stereocenters. The summed E-state index contributed by atoms with van der Waals surface area (Å²) in [6.07, 6.45) is 0. The van der Waals surface area contributed by atoms with Crippen LogP contribution in [0.4, 0.5) is 10.1 Å². The standard InChI is InChI=1S/C12H13FN2O3S/c1-8-7-19-5-4-14(8)12(16)9-2-3-10(13)11(6-9)15(17)18/h2-3,6,8H,4-5,7H2,1H3. The van der Waals surface area contributed by atoms with Gasteiger partial charge in [-0.05, 0) is 19.1 Å². The zero-order chi connectivity index (χ0) is 14.0. The summed E-state index contributed by atoms with van der Waals surface area (Å²) < 4.78 is 13.2. The van der Waals surface area contributed by atoms with Crippen molar-refractivity contribution in [3.8, 4) is 0 Å². The minimum Gasteiger partial charge on any atom is -0.334 e. The summed E-state index contributed by atoms with van der Waals surface area (Å²) in [5.74, 6) is 0.480. The molecule has 2 rings (SSSR count). The van der Waals surface area contributed by atoms with Crippen molar-refractivity contribution in [2.75, 3.05) is 18.1 Å². The molecule has 1 aromatic rings. The summed E-state index contributed by atoms with van der Waals surface area (Å²) in [6, 6.07) is 3.34. The van der Waals surface area contributed by atoms with Crippen molar-refractivity contribution in [2.45, 2.75) is 13.0 Å². The molecule has 102 valence electrons. The molecule has 0 saturated carbocycles. The van der Waals surface area contributed by atoms with Gasteiger partial charge in [-0.25, -0.2) is 0 Å². The van der Waals surface area contributed by atoms with Crippen molar-refractivity contribution in [1.29, 1.82) is 0 Å². The molecule has 1 fully saturated rings. The Morgan fingerprint density at radius 1 is 1.58 bits per heavy atom. The highest BCUT2D eigenvalue weighted by Crippen LogP contribution is 2.22. The molecule has 0 N–H and O–H groups in total. The average molecular weight is 284 g/mol. The lowest BCUT2D eigenvalue weighted by molar-refractivity contribution is -0.387. The van der Waals surface area contributed by atoms with E-state index in [-0.39, 0.29) is 17.5 Å². The first-order valence-electron chi connectivity index (χ1n) is 5.83. The molecule has 7 heteroatoms. The van der Waals surface area contributed by atoms with Crippen molar-refractivity contribution in [3.05, 3.63) is 39.7 Å². The lowest BCUT2D eigenvalue weighted by atomic mass is 10.1. The number of hydrogen-bond acceptors (Lipinski definition) is 4. The Labute approximate surface area is 113 Å². The third-order valence-corrected chi connectivity index (χ3v) is 4.21. The number of nitro groups is 1. The van der Waals surface area contributed by atoms with Crippen LogP contribution in [0.2, 0.25) is 0 Å². The van der Waals surface area contributed by atoms with Crippen LogP contribution in [0.3, 0.4) is 0 Å². The third kappa shape index (κ3) is 2.86. The number of nitrogens with zero attached hydrogens (tertiary/aromatic N) is 2. The van der Waals surface area contributed by atoms with Gasteiger partial charge in [-0.2, -0.15) is 16.2 Å². The zero-order valence-corrected chi connectivity index (χ0v) is 11.2. The fourth-order valence-electron chi connectivity index (χ4n) is 1.98. The molecule has 0 aliphatic carbocycles. The zero-order valence-electron chi connectivity index (χ0n) is 10.3. The molecular formula is C12H13FN2O3S. The van der Waals surface area contributed by atoms with E-state index >= 15 is 0 Å². The normalized spacial score (nSPS) is 19.3. The number of carbonyl (C=O) groups excluding carboxylic acids is 1. The predicted molar refractivity (Wildman–Crippen MR) is 70.9 cm³/mol. The van der Waals surface area contributed by atoms with Gasteiger partial charge in [0, 0.05) is 35.7 Å². The van der Waals surface area contributed by atoms with Crippen LogP contribution in [0, 0.1) is 15.9 Å². The highest BCUT2D eigenvalue weighted by atomic mass is 32.2. The third-order valence-electron chi connectivity index (χ3n) is 3.02. The summed E-state index contributed by atoms with van der Waals surface area (Å²) in [5.41, 5.74) is -0.503. The van der Waals surface area contributed by atoms with E-state index in [0.29, 0.717) is 6.54 Å². The second-order valence-electron chi connectivity index (χ2n) is 4.35. The van der Waals surface area contributed by atoms with Crippen LogP contribution in [0.25, 0.3) is 0 Å². The molecular weight excluding hydrogens is 271 g/mol. The van der Waals surface area contributed by atoms with E-state index < -0.39 is 16.4 Å². The Morgan fingerprint density at radius 2 is 2.32 bits per heavy atom. The highest BCUT2D eigenvalue weighted by Gasteiger charge is 2.26. The monoisotopic (exact) mass is 284 g/mol. The molecule has 0 aromatic heterocycles. The van der Waals surface area contributed by atoms with E-state index in [1.807, 2.05) is 6.92 Å². The second-order valence-corrected chi connectivity index (χ2v) is 5.50. The lowest BCUT2D eigenvalue weighted by Crippen LogP contribution is -2.44. The van der Waals surface area contributed by atoms with Crippen molar-refractivity contribution in [1.82, 2.24) is 4.90 Å². The summed E-state index contributed by atoms with van der Waals surface area (Å²) in [4.78, 5) is 23.8. The molecule has 1 saturated heterocycles. The van der Waals surface area contributed by atoms with E-state index in [2.05, 4.69) is 0 Å². The van der Waals surface area contributed by atoms with Gasteiger partial charge in [0.2, 0.25) is 5.82 Å². The van der Waals surface area contributed by atoms with Gasteiger partial charge in [0.25, 0.3) is 5.91 Å². The van der Waals surface area contributed by atoms with Crippen molar-refractivity contribution >= 4 is 23.4 Å². The molecule has 1 aliphatic rings. The molecule has 0 spiro atoms. The van der Waals surface area contributed by atoms with E-state index in [1.165, 1.54) is 6.07 Å². The maximum atomic E-state index is 13.2. The number of thioether (sulfide) groups is 1. The van der Waals surface area contributed by atoms with Crippen LogP contribution in [0.5, 0.6) is 0 Å². The first-order chi connectivity index (χ1) is 9.00. The first-order valence-corrected chi connectivity index (χ1v) is 6.99. The van der Waals surface area contributed by atoms with Gasteiger partial charge >= 0.3 is 5.69 Å². The van der Waals surface area contributed by atoms with Crippen LogP contribution in [0.15, 0.2) is 18.2 Å². The fourth-order valence-corrected chi connectivity index (χ4v) is 2.99. The fraction of sp³-hybridized carbons (Fsp3) is 0.417. The summed E-state index contributed by atoms with van der Waals surface area (Å²) in [5, 5.41) is 10.7. The molecule has 19 heavy (non-hydrogen) atoms. The van der Waals surface area contributed by atoms with Crippen molar-refractivity contribution < 1.29 is 14.1 Å². The Kier molecular flexibility index (Phi) is 4.04. The Bertz CT molecular complexity index is 524. The van der Waals surface area contributed by atoms with Gasteiger partial charge in [0.1, 0.15) is 0 Å². The topological polar surface area (TPSA) is 63.5 Å². The quantitative estimate of drug-likeness (QED) is 0.617. The molecule has 0 radical (unpaired) electrons. The molecule has 1 atom stereocenters. The Morgan fingerprint density at radius 3 is 2.95 bits per heavy atom. The number of amides is 1. The molecule has 5 nitrogen and oxygen atoms in total.